The molecule has 104 valence electrons. The molecule has 0 saturated carbocycles. The molecule has 0 fully saturated rings. The average Bonchev–Trinajstić information content (AvgIpc) is 2.35. The summed E-state index contributed by atoms with van der Waals surface area (Å²) in [7, 11) is 1.46. The Hall–Kier alpha value is -1.86. The molecular formula is C11H13ClN2O5. The molecule has 1 unspecified atom stereocenters. The number of nitrogens with zero attached hydrogens (tertiary/aromatic N) is 1. The number of nitro groups is 1. The van der Waals surface area contributed by atoms with Crippen LogP contribution in [-0.4, -0.2) is 35.2 Å². The fraction of sp³-hybridized carbons (Fsp3) is 0.364. The Morgan fingerprint density at radius 2 is 2.26 bits per heavy atom. The topological polar surface area (TPSA) is 102 Å². The van der Waals surface area contributed by atoms with Crippen LogP contribution in [-0.2, 0) is 4.79 Å². The molecule has 1 aromatic carbocycles. The van der Waals surface area contributed by atoms with Gasteiger partial charge in [0.05, 0.1) is 4.92 Å². The molecule has 0 aliphatic rings. The monoisotopic (exact) mass is 288 g/mol. The second-order valence-electron chi connectivity index (χ2n) is 4.05. The summed E-state index contributed by atoms with van der Waals surface area (Å²) >= 11 is 5.73. The van der Waals surface area contributed by atoms with Gasteiger partial charge in [0, 0.05) is 17.2 Å². The quantitative estimate of drug-likeness (QED) is 0.610. The number of aliphatic carboxylic acids is 1. The summed E-state index contributed by atoms with van der Waals surface area (Å²) in [6.07, 6.45) is 0. The Morgan fingerprint density at radius 1 is 1.63 bits per heavy atom. The van der Waals surface area contributed by atoms with Gasteiger partial charge in [-0.2, -0.15) is 0 Å². The number of carboxylic acids is 1. The molecule has 0 aromatic heterocycles. The van der Waals surface area contributed by atoms with E-state index in [-0.39, 0.29) is 23.1 Å². The third-order valence-electron chi connectivity index (χ3n) is 2.66. The third kappa shape index (κ3) is 3.55. The molecule has 1 aromatic rings. The Kier molecular flexibility index (Phi) is 4.68. The van der Waals surface area contributed by atoms with E-state index in [1.54, 1.807) is 0 Å². The van der Waals surface area contributed by atoms with E-state index in [1.807, 2.05) is 0 Å². The summed E-state index contributed by atoms with van der Waals surface area (Å²) in [5, 5.41) is 22.7. The lowest BCUT2D eigenvalue weighted by Gasteiger charge is -2.24. The van der Waals surface area contributed by atoms with E-state index in [2.05, 4.69) is 5.32 Å². The Bertz CT molecular complexity index is 508. The van der Waals surface area contributed by atoms with E-state index in [0.29, 0.717) is 0 Å². The minimum atomic E-state index is -1.35. The predicted molar refractivity (Wildman–Crippen MR) is 68.7 cm³/mol. The smallest absolute Gasteiger partial charge is 0.327 e. The number of halogens is 1. The van der Waals surface area contributed by atoms with E-state index in [1.165, 1.54) is 32.2 Å². The van der Waals surface area contributed by atoms with E-state index in [9.17, 15) is 14.9 Å². The largest absolute Gasteiger partial charge is 0.484 e. The first-order chi connectivity index (χ1) is 8.80. The van der Waals surface area contributed by atoms with Crippen LogP contribution in [0, 0.1) is 10.1 Å². The van der Waals surface area contributed by atoms with Crippen LogP contribution in [0.5, 0.6) is 5.75 Å². The molecule has 0 amide bonds. The zero-order valence-electron chi connectivity index (χ0n) is 10.3. The van der Waals surface area contributed by atoms with E-state index in [4.69, 9.17) is 21.4 Å². The zero-order chi connectivity index (χ0) is 14.6. The first-order valence-electron chi connectivity index (χ1n) is 5.29. The van der Waals surface area contributed by atoms with Crippen molar-refractivity contribution in [3.05, 3.63) is 33.3 Å². The van der Waals surface area contributed by atoms with Gasteiger partial charge >= 0.3 is 11.7 Å². The second kappa shape index (κ2) is 5.85. The van der Waals surface area contributed by atoms with Gasteiger partial charge in [0.25, 0.3) is 0 Å². The molecule has 19 heavy (non-hydrogen) atoms. The number of ether oxygens (including phenoxy) is 1. The highest BCUT2D eigenvalue weighted by atomic mass is 35.5. The van der Waals surface area contributed by atoms with Crippen LogP contribution < -0.4 is 10.1 Å². The molecule has 0 bridgehead atoms. The number of hydrogen-bond acceptors (Lipinski definition) is 5. The van der Waals surface area contributed by atoms with Gasteiger partial charge in [-0.1, -0.05) is 11.6 Å². The van der Waals surface area contributed by atoms with Crippen LogP contribution >= 0.6 is 11.6 Å². The summed E-state index contributed by atoms with van der Waals surface area (Å²) in [5.41, 5.74) is -1.62. The molecular weight excluding hydrogens is 276 g/mol. The maximum absolute atomic E-state index is 11.1. The molecule has 0 radical (unpaired) electrons. The van der Waals surface area contributed by atoms with Crippen LogP contribution in [0.2, 0.25) is 5.02 Å². The van der Waals surface area contributed by atoms with E-state index >= 15 is 0 Å². The van der Waals surface area contributed by atoms with Gasteiger partial charge in [-0.25, -0.2) is 0 Å². The summed E-state index contributed by atoms with van der Waals surface area (Å²) in [5.74, 6) is -1.19. The van der Waals surface area contributed by atoms with Crippen LogP contribution in [0.25, 0.3) is 0 Å². The van der Waals surface area contributed by atoms with Crippen LogP contribution in [0.1, 0.15) is 6.92 Å². The summed E-state index contributed by atoms with van der Waals surface area (Å²) in [6, 6.07) is 3.84. The van der Waals surface area contributed by atoms with Gasteiger partial charge in [0.1, 0.15) is 12.1 Å². The fourth-order valence-corrected chi connectivity index (χ4v) is 1.38. The van der Waals surface area contributed by atoms with Crippen molar-refractivity contribution in [3.63, 3.8) is 0 Å². The Balaban J connectivity index is 2.97. The standard InChI is InChI=1S/C11H13ClN2O5/c1-11(13-2,10(15)16)6-19-9-5-7(12)3-4-8(9)14(17)18/h3-5,13H,6H2,1-2H3,(H,15,16). The zero-order valence-corrected chi connectivity index (χ0v) is 11.1. The van der Waals surface area contributed by atoms with Gasteiger partial charge in [0.15, 0.2) is 5.75 Å². The lowest BCUT2D eigenvalue weighted by molar-refractivity contribution is -0.385. The first-order valence-corrected chi connectivity index (χ1v) is 5.67. The second-order valence-corrected chi connectivity index (χ2v) is 4.48. The normalized spacial score (nSPS) is 13.6. The molecule has 0 heterocycles. The predicted octanol–water partition coefficient (Wildman–Crippen LogP) is 1.69. The van der Waals surface area contributed by atoms with Crippen LogP contribution in [0.4, 0.5) is 5.69 Å². The number of nitro benzene ring substituents is 1. The summed E-state index contributed by atoms with van der Waals surface area (Å²) in [6.45, 7) is 1.13. The number of rotatable bonds is 6. The number of benzene rings is 1. The van der Waals surface area contributed by atoms with Gasteiger partial charge in [-0.05, 0) is 20.0 Å². The van der Waals surface area contributed by atoms with Gasteiger partial charge in [0.2, 0.25) is 0 Å². The summed E-state index contributed by atoms with van der Waals surface area (Å²) in [4.78, 5) is 21.2. The van der Waals surface area contributed by atoms with Crippen molar-refractivity contribution in [2.75, 3.05) is 13.7 Å². The summed E-state index contributed by atoms with van der Waals surface area (Å²) < 4.78 is 5.23. The molecule has 0 aliphatic carbocycles. The molecule has 0 spiro atoms. The van der Waals surface area contributed by atoms with E-state index < -0.39 is 16.4 Å². The van der Waals surface area contributed by atoms with Crippen molar-refractivity contribution in [2.45, 2.75) is 12.5 Å². The number of carboxylic acid groups (broad SMARTS) is 1. The minimum Gasteiger partial charge on any atom is -0.484 e. The van der Waals surface area contributed by atoms with Gasteiger partial charge in [-0.3, -0.25) is 14.9 Å². The molecule has 8 heteroatoms. The third-order valence-corrected chi connectivity index (χ3v) is 2.89. The number of nitrogens with one attached hydrogen (secondary N) is 1. The van der Waals surface area contributed by atoms with Crippen molar-refractivity contribution in [2.24, 2.45) is 0 Å². The fourth-order valence-electron chi connectivity index (χ4n) is 1.22. The number of likely N-dealkylation sites (N-methyl/N-ethyl adjacent to an activating group) is 1. The maximum Gasteiger partial charge on any atom is 0.327 e. The van der Waals surface area contributed by atoms with E-state index in [0.717, 1.165) is 0 Å². The maximum atomic E-state index is 11.1. The van der Waals surface area contributed by atoms with Gasteiger partial charge < -0.3 is 15.2 Å². The Labute approximate surface area is 114 Å². The van der Waals surface area contributed by atoms with Crippen LogP contribution in [0.3, 0.4) is 0 Å². The molecule has 1 atom stereocenters. The average molecular weight is 289 g/mol. The lowest BCUT2D eigenvalue weighted by atomic mass is 10.1. The molecule has 0 aliphatic heterocycles. The van der Waals surface area contributed by atoms with Gasteiger partial charge in [-0.15, -0.1) is 0 Å². The highest BCUT2D eigenvalue weighted by Crippen LogP contribution is 2.30. The van der Waals surface area contributed by atoms with Crippen molar-refractivity contribution in [1.29, 1.82) is 0 Å². The molecule has 0 saturated heterocycles. The minimum absolute atomic E-state index is 0.0692. The lowest BCUT2D eigenvalue weighted by Crippen LogP contribution is -2.52. The van der Waals surface area contributed by atoms with Crippen molar-refractivity contribution in [3.8, 4) is 5.75 Å². The highest BCUT2D eigenvalue weighted by Gasteiger charge is 2.33. The highest BCUT2D eigenvalue weighted by molar-refractivity contribution is 6.30. The van der Waals surface area contributed by atoms with Crippen molar-refractivity contribution >= 4 is 23.3 Å². The first kappa shape index (κ1) is 15.2. The van der Waals surface area contributed by atoms with Crippen molar-refractivity contribution in [1.82, 2.24) is 5.32 Å². The molecule has 1 rings (SSSR count). The van der Waals surface area contributed by atoms with Crippen LogP contribution in [0.15, 0.2) is 18.2 Å². The molecule has 7 nitrogen and oxygen atoms in total. The SMILES string of the molecule is CNC(C)(COc1cc(Cl)ccc1[N+](=O)[O-])C(=O)O. The Morgan fingerprint density at radius 3 is 2.74 bits per heavy atom. The molecule has 2 N–H and O–H groups in total. The number of hydrogen-bond donors (Lipinski definition) is 2. The number of carbonyl (C=O) groups is 1. The van der Waals surface area contributed by atoms with Crippen molar-refractivity contribution < 1.29 is 19.6 Å².